The minimum atomic E-state index is -0.119. The summed E-state index contributed by atoms with van der Waals surface area (Å²) in [6.07, 6.45) is 5.83. The maximum absolute atomic E-state index is 11.0. The van der Waals surface area contributed by atoms with E-state index < -0.39 is 0 Å². The molecule has 0 aromatic rings. The van der Waals surface area contributed by atoms with Gasteiger partial charge in [0.1, 0.15) is 0 Å². The van der Waals surface area contributed by atoms with Gasteiger partial charge in [-0.05, 0) is 45.2 Å². The Bertz CT molecular complexity index is 208. The van der Waals surface area contributed by atoms with Crippen LogP contribution in [0, 0.1) is 0 Å². The molecule has 1 unspecified atom stereocenters. The van der Waals surface area contributed by atoms with E-state index in [2.05, 4.69) is 9.64 Å². The van der Waals surface area contributed by atoms with Gasteiger partial charge in [0, 0.05) is 19.1 Å². The van der Waals surface area contributed by atoms with Crippen molar-refractivity contribution < 1.29 is 14.6 Å². The van der Waals surface area contributed by atoms with Crippen molar-refractivity contribution >= 4 is 5.97 Å². The maximum Gasteiger partial charge on any atom is 0.305 e. The summed E-state index contributed by atoms with van der Waals surface area (Å²) in [6.45, 7) is 2.40. The Labute approximate surface area is 97.6 Å². The summed E-state index contributed by atoms with van der Waals surface area (Å²) >= 11 is 0. The summed E-state index contributed by atoms with van der Waals surface area (Å²) in [6, 6.07) is 0.616. The number of methoxy groups -OCH3 is 1. The topological polar surface area (TPSA) is 49.8 Å². The number of carbonyl (C=O) groups excluding carboxylic acids is 1. The average molecular weight is 229 g/mol. The molecule has 0 saturated carbocycles. The van der Waals surface area contributed by atoms with Crippen LogP contribution < -0.4 is 0 Å². The lowest BCUT2D eigenvalue weighted by Crippen LogP contribution is -2.30. The molecular formula is C12H23NO3. The molecule has 0 radical (unpaired) electrons. The zero-order valence-electron chi connectivity index (χ0n) is 10.2. The normalized spacial score (nSPS) is 21.2. The molecule has 0 aromatic carbocycles. The van der Waals surface area contributed by atoms with Crippen LogP contribution in [0.3, 0.4) is 0 Å². The summed E-state index contributed by atoms with van der Waals surface area (Å²) < 4.78 is 4.62. The summed E-state index contributed by atoms with van der Waals surface area (Å²) in [4.78, 5) is 13.4. The monoisotopic (exact) mass is 229 g/mol. The first-order chi connectivity index (χ1) is 7.77. The fourth-order valence-corrected chi connectivity index (χ4v) is 2.37. The molecule has 1 saturated heterocycles. The number of nitrogens with zero attached hydrogens (tertiary/aromatic N) is 1. The van der Waals surface area contributed by atoms with Gasteiger partial charge in [-0.2, -0.15) is 0 Å². The number of rotatable bonds is 7. The third-order valence-corrected chi connectivity index (χ3v) is 3.25. The lowest BCUT2D eigenvalue weighted by Gasteiger charge is -2.23. The van der Waals surface area contributed by atoms with E-state index in [0.717, 1.165) is 32.4 Å². The van der Waals surface area contributed by atoms with E-state index in [4.69, 9.17) is 5.11 Å². The van der Waals surface area contributed by atoms with Gasteiger partial charge in [-0.15, -0.1) is 0 Å². The van der Waals surface area contributed by atoms with Crippen molar-refractivity contribution in [2.24, 2.45) is 0 Å². The number of aliphatic hydroxyl groups excluding tert-OH is 1. The van der Waals surface area contributed by atoms with Gasteiger partial charge in [-0.3, -0.25) is 4.79 Å². The first-order valence-electron chi connectivity index (χ1n) is 6.19. The molecular weight excluding hydrogens is 206 g/mol. The van der Waals surface area contributed by atoms with Gasteiger partial charge >= 0.3 is 5.97 Å². The highest BCUT2D eigenvalue weighted by Crippen LogP contribution is 2.21. The highest BCUT2D eigenvalue weighted by molar-refractivity contribution is 5.69. The lowest BCUT2D eigenvalue weighted by molar-refractivity contribution is -0.140. The number of carbonyl (C=O) groups is 1. The number of hydrogen-bond donors (Lipinski definition) is 1. The molecule has 1 fully saturated rings. The van der Waals surface area contributed by atoms with Crippen molar-refractivity contribution in [3.05, 3.63) is 0 Å². The van der Waals surface area contributed by atoms with Crippen LogP contribution in [0.1, 0.15) is 38.5 Å². The van der Waals surface area contributed by atoms with Gasteiger partial charge in [0.05, 0.1) is 7.11 Å². The minimum Gasteiger partial charge on any atom is -0.469 e. The van der Waals surface area contributed by atoms with E-state index in [0.29, 0.717) is 12.5 Å². The quantitative estimate of drug-likeness (QED) is 0.666. The van der Waals surface area contributed by atoms with Gasteiger partial charge < -0.3 is 14.7 Å². The predicted octanol–water partition coefficient (Wildman–Crippen LogP) is 1.18. The minimum absolute atomic E-state index is 0.119. The second-order valence-corrected chi connectivity index (χ2v) is 4.38. The van der Waals surface area contributed by atoms with E-state index in [9.17, 15) is 4.79 Å². The van der Waals surface area contributed by atoms with Crippen LogP contribution in [0.5, 0.6) is 0 Å². The van der Waals surface area contributed by atoms with Gasteiger partial charge in [0.15, 0.2) is 0 Å². The third kappa shape index (κ3) is 4.49. The Hall–Kier alpha value is -0.610. The molecule has 0 amide bonds. The number of aliphatic hydroxyl groups is 1. The Kier molecular flexibility index (Phi) is 6.42. The molecule has 1 N–H and O–H groups in total. The van der Waals surface area contributed by atoms with Crippen molar-refractivity contribution in [3.63, 3.8) is 0 Å². The summed E-state index contributed by atoms with van der Waals surface area (Å²) in [5.74, 6) is -0.119. The van der Waals surface area contributed by atoms with Crippen LogP contribution in [0.15, 0.2) is 0 Å². The highest BCUT2D eigenvalue weighted by atomic mass is 16.5. The molecule has 0 aromatic heterocycles. The van der Waals surface area contributed by atoms with E-state index in [1.165, 1.54) is 20.0 Å². The van der Waals surface area contributed by atoms with Gasteiger partial charge in [0.25, 0.3) is 0 Å². The largest absolute Gasteiger partial charge is 0.469 e. The van der Waals surface area contributed by atoms with Gasteiger partial charge in [-0.1, -0.05) is 0 Å². The Morgan fingerprint density at radius 2 is 2.31 bits per heavy atom. The summed E-state index contributed by atoms with van der Waals surface area (Å²) in [5.41, 5.74) is 0. The molecule has 94 valence electrons. The molecule has 1 aliphatic rings. The highest BCUT2D eigenvalue weighted by Gasteiger charge is 2.23. The van der Waals surface area contributed by atoms with Crippen molar-refractivity contribution in [2.45, 2.75) is 44.6 Å². The van der Waals surface area contributed by atoms with Crippen LogP contribution in [-0.4, -0.2) is 48.8 Å². The molecule has 1 rings (SSSR count). The van der Waals surface area contributed by atoms with Crippen LogP contribution in [0.2, 0.25) is 0 Å². The van der Waals surface area contributed by atoms with Crippen molar-refractivity contribution in [3.8, 4) is 0 Å². The smallest absolute Gasteiger partial charge is 0.305 e. The molecule has 4 nitrogen and oxygen atoms in total. The summed E-state index contributed by atoms with van der Waals surface area (Å²) in [7, 11) is 1.43. The number of ether oxygens (including phenoxy) is 1. The Morgan fingerprint density at radius 3 is 3.00 bits per heavy atom. The number of hydrogen-bond acceptors (Lipinski definition) is 4. The first kappa shape index (κ1) is 13.5. The number of esters is 1. The van der Waals surface area contributed by atoms with Crippen molar-refractivity contribution in [2.75, 3.05) is 26.8 Å². The van der Waals surface area contributed by atoms with E-state index >= 15 is 0 Å². The van der Waals surface area contributed by atoms with Crippen molar-refractivity contribution in [1.82, 2.24) is 4.90 Å². The SMILES string of the molecule is COC(=O)CCCN1CCCC1CCCO. The molecule has 1 aliphatic heterocycles. The number of likely N-dealkylation sites (tertiary alicyclic amines) is 1. The van der Waals surface area contributed by atoms with Crippen LogP contribution >= 0.6 is 0 Å². The average Bonchev–Trinajstić information content (AvgIpc) is 2.73. The summed E-state index contributed by atoms with van der Waals surface area (Å²) in [5, 5.41) is 8.81. The van der Waals surface area contributed by atoms with E-state index in [-0.39, 0.29) is 12.6 Å². The molecule has 0 bridgehead atoms. The molecule has 1 heterocycles. The Morgan fingerprint density at radius 1 is 1.50 bits per heavy atom. The molecule has 0 aliphatic carbocycles. The molecule has 0 spiro atoms. The lowest BCUT2D eigenvalue weighted by atomic mass is 10.1. The van der Waals surface area contributed by atoms with Gasteiger partial charge in [0.2, 0.25) is 0 Å². The van der Waals surface area contributed by atoms with Gasteiger partial charge in [-0.25, -0.2) is 0 Å². The van der Waals surface area contributed by atoms with Crippen molar-refractivity contribution in [1.29, 1.82) is 0 Å². The fourth-order valence-electron chi connectivity index (χ4n) is 2.37. The van der Waals surface area contributed by atoms with Crippen LogP contribution in [0.25, 0.3) is 0 Å². The second-order valence-electron chi connectivity index (χ2n) is 4.38. The van der Waals surface area contributed by atoms with E-state index in [1.807, 2.05) is 0 Å². The maximum atomic E-state index is 11.0. The zero-order valence-corrected chi connectivity index (χ0v) is 10.2. The molecule has 16 heavy (non-hydrogen) atoms. The van der Waals surface area contributed by atoms with E-state index in [1.54, 1.807) is 0 Å². The van der Waals surface area contributed by atoms with Crippen LogP contribution in [-0.2, 0) is 9.53 Å². The molecule has 1 atom stereocenters. The Balaban J connectivity index is 2.16. The predicted molar refractivity (Wildman–Crippen MR) is 62.2 cm³/mol. The first-order valence-corrected chi connectivity index (χ1v) is 6.19. The van der Waals surface area contributed by atoms with Crippen LogP contribution in [0.4, 0.5) is 0 Å². The fraction of sp³-hybridized carbons (Fsp3) is 0.917. The molecule has 4 heteroatoms. The zero-order chi connectivity index (χ0) is 11.8. The standard InChI is InChI=1S/C12H23NO3/c1-16-12(15)7-3-9-13-8-2-5-11(13)6-4-10-14/h11,14H,2-10H2,1H3. The second kappa shape index (κ2) is 7.63. The third-order valence-electron chi connectivity index (χ3n) is 3.25.